The highest BCUT2D eigenvalue weighted by Crippen LogP contribution is 2.37. The van der Waals surface area contributed by atoms with Gasteiger partial charge >= 0.3 is 6.11 Å². The Labute approximate surface area is 169 Å². The van der Waals surface area contributed by atoms with Gasteiger partial charge in [0.2, 0.25) is 0 Å². The van der Waals surface area contributed by atoms with Gasteiger partial charge in [0.1, 0.15) is 11.6 Å². The quantitative estimate of drug-likeness (QED) is 0.377. The number of benzene rings is 3. The molecule has 30 heavy (non-hydrogen) atoms. The summed E-state index contributed by atoms with van der Waals surface area (Å²) in [5.74, 6) is -6.52. The zero-order chi connectivity index (χ0) is 22.1. The molecule has 158 valence electrons. The highest BCUT2D eigenvalue weighted by Gasteiger charge is 2.38. The third kappa shape index (κ3) is 4.45. The Morgan fingerprint density at radius 2 is 1.30 bits per heavy atom. The van der Waals surface area contributed by atoms with E-state index in [1.165, 1.54) is 0 Å². The molecule has 0 unspecified atom stereocenters. The molecule has 0 saturated heterocycles. The average molecular weight is 424 g/mol. The van der Waals surface area contributed by atoms with Crippen molar-refractivity contribution < 1.29 is 31.1 Å². The van der Waals surface area contributed by atoms with Crippen molar-refractivity contribution in [3.8, 4) is 16.9 Å². The zero-order valence-corrected chi connectivity index (χ0v) is 16.2. The number of halogens is 6. The summed E-state index contributed by atoms with van der Waals surface area (Å²) in [6, 6.07) is 9.42. The number of aryl methyl sites for hydroxylation is 1. The molecule has 0 radical (unpaired) electrons. The van der Waals surface area contributed by atoms with E-state index >= 15 is 0 Å². The van der Waals surface area contributed by atoms with Crippen LogP contribution in [-0.2, 0) is 12.5 Å². The molecule has 3 rings (SSSR count). The molecule has 1 nitrogen and oxygen atoms in total. The fourth-order valence-corrected chi connectivity index (χ4v) is 2.98. The molecule has 0 aliphatic rings. The third-order valence-electron chi connectivity index (χ3n) is 4.67. The fraction of sp³-hybridized carbons (Fsp3) is 0.217. The largest absolute Gasteiger partial charge is 0.427 e. The summed E-state index contributed by atoms with van der Waals surface area (Å²) < 4.78 is 89.0. The van der Waals surface area contributed by atoms with E-state index in [1.54, 1.807) is 12.1 Å². The first-order valence-electron chi connectivity index (χ1n) is 9.23. The van der Waals surface area contributed by atoms with Crippen LogP contribution in [0.5, 0.6) is 5.75 Å². The summed E-state index contributed by atoms with van der Waals surface area (Å²) in [4.78, 5) is 0. The summed E-state index contributed by atoms with van der Waals surface area (Å²) in [7, 11) is 0. The molecule has 7 heteroatoms. The summed E-state index contributed by atoms with van der Waals surface area (Å²) in [6.45, 7) is 3.09. The lowest BCUT2D eigenvalue weighted by molar-refractivity contribution is -0.188. The smallest absolute Gasteiger partial charge is 0.423 e. The van der Waals surface area contributed by atoms with E-state index in [9.17, 15) is 26.3 Å². The number of hydrogen-bond acceptors (Lipinski definition) is 1. The molecule has 0 bridgehead atoms. The average Bonchev–Trinajstić information content (AvgIpc) is 2.69. The standard InChI is InChI=1S/C23H18F6O/c1-3-4-14-5-7-15(8-6-14)16-9-20(26)22(21(27)10-16)30-23(28,29)17-11-18(24)13(2)19(25)12-17/h5-12H,3-4H2,1-2H3. The van der Waals surface area contributed by atoms with E-state index < -0.39 is 46.3 Å². The maximum atomic E-state index is 14.4. The Morgan fingerprint density at radius 3 is 1.80 bits per heavy atom. The van der Waals surface area contributed by atoms with Gasteiger partial charge in [0.05, 0.1) is 5.56 Å². The highest BCUT2D eigenvalue weighted by molar-refractivity contribution is 5.65. The van der Waals surface area contributed by atoms with Crippen molar-refractivity contribution in [2.75, 3.05) is 0 Å². The van der Waals surface area contributed by atoms with Gasteiger partial charge in [-0.05, 0) is 54.3 Å². The minimum absolute atomic E-state index is 0.135. The minimum atomic E-state index is -4.36. The lowest BCUT2D eigenvalue weighted by Crippen LogP contribution is -2.24. The first-order chi connectivity index (χ1) is 14.1. The van der Waals surface area contributed by atoms with Crippen LogP contribution in [0, 0.1) is 30.2 Å². The van der Waals surface area contributed by atoms with Crippen LogP contribution in [0.1, 0.15) is 30.0 Å². The van der Waals surface area contributed by atoms with Gasteiger partial charge in [0, 0.05) is 5.56 Å². The molecular formula is C23H18F6O. The summed E-state index contributed by atoms with van der Waals surface area (Å²) in [5.41, 5.74) is 0.0304. The zero-order valence-electron chi connectivity index (χ0n) is 16.2. The second kappa shape index (κ2) is 8.42. The Morgan fingerprint density at radius 1 is 0.767 bits per heavy atom. The monoisotopic (exact) mass is 424 g/mol. The summed E-state index contributed by atoms with van der Waals surface area (Å²) in [5, 5.41) is 0. The normalized spacial score (nSPS) is 11.6. The number of alkyl halides is 2. The topological polar surface area (TPSA) is 9.23 Å². The van der Waals surface area contributed by atoms with Crippen LogP contribution in [0.2, 0.25) is 0 Å². The van der Waals surface area contributed by atoms with Crippen LogP contribution < -0.4 is 4.74 Å². The maximum Gasteiger partial charge on any atom is 0.427 e. The van der Waals surface area contributed by atoms with Crippen molar-refractivity contribution >= 4 is 0 Å². The van der Waals surface area contributed by atoms with Crippen LogP contribution in [0.25, 0.3) is 11.1 Å². The van der Waals surface area contributed by atoms with Crippen LogP contribution in [0.4, 0.5) is 26.3 Å². The molecule has 0 aromatic heterocycles. The molecule has 3 aromatic rings. The molecule has 0 fully saturated rings. The lowest BCUT2D eigenvalue weighted by Gasteiger charge is -2.20. The molecule has 0 heterocycles. The predicted octanol–water partition coefficient (Wildman–Crippen LogP) is 7.30. The first kappa shape index (κ1) is 21.7. The van der Waals surface area contributed by atoms with Gasteiger partial charge in [-0.3, -0.25) is 0 Å². The van der Waals surface area contributed by atoms with Crippen molar-refractivity contribution in [2.45, 2.75) is 32.8 Å². The van der Waals surface area contributed by atoms with Crippen molar-refractivity contribution in [1.29, 1.82) is 0 Å². The molecule has 0 N–H and O–H groups in total. The van der Waals surface area contributed by atoms with Crippen molar-refractivity contribution in [3.63, 3.8) is 0 Å². The first-order valence-corrected chi connectivity index (χ1v) is 9.23. The third-order valence-corrected chi connectivity index (χ3v) is 4.67. The molecular weight excluding hydrogens is 406 g/mol. The van der Waals surface area contributed by atoms with Gasteiger partial charge in [-0.1, -0.05) is 37.6 Å². The number of rotatable bonds is 6. The molecule has 0 amide bonds. The second-order valence-electron chi connectivity index (χ2n) is 6.90. The van der Waals surface area contributed by atoms with E-state index in [4.69, 9.17) is 0 Å². The van der Waals surface area contributed by atoms with Crippen LogP contribution in [-0.4, -0.2) is 0 Å². The van der Waals surface area contributed by atoms with E-state index in [2.05, 4.69) is 4.74 Å². The van der Waals surface area contributed by atoms with Crippen LogP contribution in [0.3, 0.4) is 0 Å². The Bertz CT molecular complexity index is 1010. The molecule has 0 atom stereocenters. The van der Waals surface area contributed by atoms with E-state index in [0.29, 0.717) is 17.7 Å². The van der Waals surface area contributed by atoms with Gasteiger partial charge in [-0.2, -0.15) is 8.78 Å². The van der Waals surface area contributed by atoms with Gasteiger partial charge in [-0.15, -0.1) is 0 Å². The van der Waals surface area contributed by atoms with E-state index in [-0.39, 0.29) is 5.56 Å². The van der Waals surface area contributed by atoms with E-state index in [0.717, 1.165) is 37.5 Å². The fourth-order valence-electron chi connectivity index (χ4n) is 2.98. The van der Waals surface area contributed by atoms with Gasteiger partial charge < -0.3 is 4.74 Å². The number of ether oxygens (including phenoxy) is 1. The Hall–Kier alpha value is -2.96. The highest BCUT2D eigenvalue weighted by atomic mass is 19.3. The Balaban J connectivity index is 1.92. The number of hydrogen-bond donors (Lipinski definition) is 0. The second-order valence-corrected chi connectivity index (χ2v) is 6.90. The minimum Gasteiger partial charge on any atom is -0.423 e. The maximum absolute atomic E-state index is 14.4. The molecule has 3 aromatic carbocycles. The molecule has 0 saturated carbocycles. The Kier molecular flexibility index (Phi) is 6.10. The van der Waals surface area contributed by atoms with Crippen LogP contribution >= 0.6 is 0 Å². The predicted molar refractivity (Wildman–Crippen MR) is 101 cm³/mol. The molecule has 0 spiro atoms. The molecule has 0 aliphatic carbocycles. The van der Waals surface area contributed by atoms with E-state index in [1.807, 2.05) is 19.1 Å². The van der Waals surface area contributed by atoms with Crippen LogP contribution in [0.15, 0.2) is 48.5 Å². The van der Waals surface area contributed by atoms with Crippen molar-refractivity contribution in [2.24, 2.45) is 0 Å². The van der Waals surface area contributed by atoms with Gasteiger partial charge in [-0.25, -0.2) is 17.6 Å². The summed E-state index contributed by atoms with van der Waals surface area (Å²) in [6.07, 6.45) is -2.57. The summed E-state index contributed by atoms with van der Waals surface area (Å²) >= 11 is 0. The lowest BCUT2D eigenvalue weighted by atomic mass is 10.0. The SMILES string of the molecule is CCCc1ccc(-c2cc(F)c(OC(F)(F)c3cc(F)c(C)c(F)c3)c(F)c2)cc1. The van der Waals surface area contributed by atoms with Crippen molar-refractivity contribution in [3.05, 3.63) is 88.5 Å². The van der Waals surface area contributed by atoms with Gasteiger partial charge in [0.25, 0.3) is 0 Å². The van der Waals surface area contributed by atoms with Crippen molar-refractivity contribution in [1.82, 2.24) is 0 Å². The van der Waals surface area contributed by atoms with Gasteiger partial charge in [0.15, 0.2) is 17.4 Å². The molecule has 0 aliphatic heterocycles.